The van der Waals surface area contributed by atoms with Gasteiger partial charge in [0, 0.05) is 4.47 Å². The molecule has 0 aliphatic carbocycles. The molecule has 1 aromatic carbocycles. The zero-order valence-corrected chi connectivity index (χ0v) is 11.7. The van der Waals surface area contributed by atoms with Crippen LogP contribution in [0.25, 0.3) is 0 Å². The SMILES string of the molecule is CCCC(CCC)C(O)c1ccc(Br)cc1. The van der Waals surface area contributed by atoms with Crippen molar-refractivity contribution in [2.75, 3.05) is 0 Å². The highest BCUT2D eigenvalue weighted by molar-refractivity contribution is 9.10. The minimum absolute atomic E-state index is 0.312. The van der Waals surface area contributed by atoms with Crippen LogP contribution in [-0.4, -0.2) is 5.11 Å². The summed E-state index contributed by atoms with van der Waals surface area (Å²) >= 11 is 3.41. The Hall–Kier alpha value is -0.340. The van der Waals surface area contributed by atoms with Gasteiger partial charge in [0.25, 0.3) is 0 Å². The van der Waals surface area contributed by atoms with E-state index in [0.717, 1.165) is 35.7 Å². The lowest BCUT2D eigenvalue weighted by atomic mass is 9.88. The number of halogens is 1. The highest BCUT2D eigenvalue weighted by Crippen LogP contribution is 2.30. The molecule has 0 bridgehead atoms. The number of aliphatic hydroxyl groups is 1. The van der Waals surface area contributed by atoms with Crippen LogP contribution in [0.1, 0.15) is 51.2 Å². The van der Waals surface area contributed by atoms with Gasteiger partial charge >= 0.3 is 0 Å². The van der Waals surface area contributed by atoms with E-state index in [1.807, 2.05) is 24.3 Å². The first kappa shape index (κ1) is 13.7. The van der Waals surface area contributed by atoms with Crippen LogP contribution in [0.2, 0.25) is 0 Å². The molecule has 1 rings (SSSR count). The van der Waals surface area contributed by atoms with Crippen molar-refractivity contribution >= 4 is 15.9 Å². The van der Waals surface area contributed by atoms with E-state index in [1.54, 1.807) is 0 Å². The van der Waals surface area contributed by atoms with Crippen LogP contribution in [-0.2, 0) is 0 Å². The van der Waals surface area contributed by atoms with Gasteiger partial charge in [-0.25, -0.2) is 0 Å². The minimum atomic E-state index is -0.312. The number of benzene rings is 1. The fourth-order valence-corrected chi connectivity index (χ4v) is 2.40. The van der Waals surface area contributed by atoms with Crippen molar-refractivity contribution in [3.63, 3.8) is 0 Å². The van der Waals surface area contributed by atoms with Crippen molar-refractivity contribution in [2.45, 2.75) is 45.6 Å². The predicted octanol–water partition coefficient (Wildman–Crippen LogP) is 4.70. The lowest BCUT2D eigenvalue weighted by molar-refractivity contribution is 0.0964. The molecule has 0 saturated heterocycles. The molecule has 1 atom stereocenters. The first-order chi connectivity index (χ1) is 7.69. The van der Waals surface area contributed by atoms with E-state index in [2.05, 4.69) is 29.8 Å². The summed E-state index contributed by atoms with van der Waals surface area (Å²) in [5, 5.41) is 10.3. The second kappa shape index (κ2) is 7.08. The largest absolute Gasteiger partial charge is 0.388 e. The van der Waals surface area contributed by atoms with Crippen LogP contribution < -0.4 is 0 Å². The van der Waals surface area contributed by atoms with E-state index in [4.69, 9.17) is 0 Å². The average molecular weight is 285 g/mol. The summed E-state index contributed by atoms with van der Waals surface area (Å²) in [7, 11) is 0. The van der Waals surface area contributed by atoms with E-state index in [9.17, 15) is 5.11 Å². The van der Waals surface area contributed by atoms with Gasteiger partial charge in [-0.15, -0.1) is 0 Å². The third-order valence-electron chi connectivity index (χ3n) is 2.98. The fourth-order valence-electron chi connectivity index (χ4n) is 2.13. The molecule has 0 saturated carbocycles. The van der Waals surface area contributed by atoms with Crippen LogP contribution in [0.15, 0.2) is 28.7 Å². The normalized spacial score (nSPS) is 13.1. The summed E-state index contributed by atoms with van der Waals surface area (Å²) in [5.41, 5.74) is 1.04. The van der Waals surface area contributed by atoms with Crippen molar-refractivity contribution in [3.8, 4) is 0 Å². The Bertz CT molecular complexity index is 288. The molecular weight excluding hydrogens is 264 g/mol. The summed E-state index contributed by atoms with van der Waals surface area (Å²) in [6.45, 7) is 4.36. The van der Waals surface area contributed by atoms with Crippen LogP contribution in [0.3, 0.4) is 0 Å². The van der Waals surface area contributed by atoms with E-state index >= 15 is 0 Å². The molecule has 1 nitrogen and oxygen atoms in total. The molecule has 0 aliphatic heterocycles. The van der Waals surface area contributed by atoms with E-state index in [-0.39, 0.29) is 6.10 Å². The van der Waals surface area contributed by atoms with Crippen molar-refractivity contribution in [1.82, 2.24) is 0 Å². The molecule has 1 aromatic rings. The van der Waals surface area contributed by atoms with Crippen molar-refractivity contribution < 1.29 is 5.11 Å². The average Bonchev–Trinajstić information content (AvgIpc) is 2.29. The monoisotopic (exact) mass is 284 g/mol. The van der Waals surface area contributed by atoms with E-state index < -0.39 is 0 Å². The van der Waals surface area contributed by atoms with Gasteiger partial charge in [-0.1, -0.05) is 54.8 Å². The highest BCUT2D eigenvalue weighted by Gasteiger charge is 2.18. The van der Waals surface area contributed by atoms with E-state index in [1.165, 1.54) is 0 Å². The zero-order valence-electron chi connectivity index (χ0n) is 10.1. The number of hydrogen-bond acceptors (Lipinski definition) is 1. The first-order valence-electron chi connectivity index (χ1n) is 6.12. The van der Waals surface area contributed by atoms with Crippen molar-refractivity contribution in [3.05, 3.63) is 34.3 Å². The maximum absolute atomic E-state index is 10.3. The topological polar surface area (TPSA) is 20.2 Å². The maximum atomic E-state index is 10.3. The molecule has 0 fully saturated rings. The first-order valence-corrected chi connectivity index (χ1v) is 6.91. The summed E-state index contributed by atoms with van der Waals surface area (Å²) < 4.78 is 1.06. The number of rotatable bonds is 6. The standard InChI is InChI=1S/C14H21BrO/c1-3-5-11(6-4-2)14(16)12-7-9-13(15)10-8-12/h7-11,14,16H,3-6H2,1-2H3. The molecule has 0 aliphatic rings. The number of aliphatic hydroxyl groups excluding tert-OH is 1. The summed E-state index contributed by atoms with van der Waals surface area (Å²) in [6, 6.07) is 8.00. The fraction of sp³-hybridized carbons (Fsp3) is 0.571. The molecule has 0 heterocycles. The Morgan fingerprint density at radius 3 is 2.00 bits per heavy atom. The van der Waals surface area contributed by atoms with Crippen LogP contribution in [0.4, 0.5) is 0 Å². The van der Waals surface area contributed by atoms with Crippen LogP contribution in [0, 0.1) is 5.92 Å². The Labute approximate surface area is 107 Å². The Kier molecular flexibility index (Phi) is 6.07. The molecule has 16 heavy (non-hydrogen) atoms. The quantitative estimate of drug-likeness (QED) is 0.803. The lowest BCUT2D eigenvalue weighted by Gasteiger charge is -2.22. The van der Waals surface area contributed by atoms with Gasteiger partial charge in [-0.05, 0) is 36.5 Å². The molecular formula is C14H21BrO. The van der Waals surface area contributed by atoms with Gasteiger partial charge in [0.05, 0.1) is 6.10 Å². The lowest BCUT2D eigenvalue weighted by Crippen LogP contribution is -2.12. The second-order valence-electron chi connectivity index (χ2n) is 4.33. The van der Waals surface area contributed by atoms with Gasteiger partial charge in [0.15, 0.2) is 0 Å². The molecule has 90 valence electrons. The Balaban J connectivity index is 2.72. The van der Waals surface area contributed by atoms with Gasteiger partial charge in [-0.2, -0.15) is 0 Å². The van der Waals surface area contributed by atoms with Crippen LogP contribution in [0.5, 0.6) is 0 Å². The van der Waals surface area contributed by atoms with E-state index in [0.29, 0.717) is 5.92 Å². The Morgan fingerprint density at radius 2 is 1.56 bits per heavy atom. The molecule has 1 unspecified atom stereocenters. The molecule has 1 N–H and O–H groups in total. The summed E-state index contributed by atoms with van der Waals surface area (Å²) in [4.78, 5) is 0. The molecule has 0 spiro atoms. The molecule has 0 radical (unpaired) electrons. The maximum Gasteiger partial charge on any atom is 0.0818 e. The number of hydrogen-bond donors (Lipinski definition) is 1. The molecule has 0 aromatic heterocycles. The summed E-state index contributed by atoms with van der Waals surface area (Å²) in [6.07, 6.45) is 4.17. The smallest absolute Gasteiger partial charge is 0.0818 e. The third kappa shape index (κ3) is 3.91. The van der Waals surface area contributed by atoms with Crippen molar-refractivity contribution in [1.29, 1.82) is 0 Å². The predicted molar refractivity (Wildman–Crippen MR) is 72.4 cm³/mol. The molecule has 0 amide bonds. The minimum Gasteiger partial charge on any atom is -0.388 e. The summed E-state index contributed by atoms with van der Waals surface area (Å²) in [5.74, 6) is 0.399. The second-order valence-corrected chi connectivity index (χ2v) is 5.25. The van der Waals surface area contributed by atoms with Gasteiger partial charge in [0.2, 0.25) is 0 Å². The highest BCUT2D eigenvalue weighted by atomic mass is 79.9. The van der Waals surface area contributed by atoms with Crippen LogP contribution >= 0.6 is 15.9 Å². The zero-order chi connectivity index (χ0) is 12.0. The van der Waals surface area contributed by atoms with Gasteiger partial charge in [0.1, 0.15) is 0 Å². The van der Waals surface area contributed by atoms with Gasteiger partial charge < -0.3 is 5.11 Å². The third-order valence-corrected chi connectivity index (χ3v) is 3.51. The Morgan fingerprint density at radius 1 is 1.06 bits per heavy atom. The van der Waals surface area contributed by atoms with Crippen molar-refractivity contribution in [2.24, 2.45) is 5.92 Å². The molecule has 2 heteroatoms. The van der Waals surface area contributed by atoms with Gasteiger partial charge in [-0.3, -0.25) is 0 Å².